The summed E-state index contributed by atoms with van der Waals surface area (Å²) >= 11 is 0. The highest BCUT2D eigenvalue weighted by molar-refractivity contribution is 5.94. The van der Waals surface area contributed by atoms with E-state index in [-0.39, 0.29) is 36.6 Å². The quantitative estimate of drug-likeness (QED) is 0.312. The van der Waals surface area contributed by atoms with Gasteiger partial charge < -0.3 is 35.6 Å². The normalized spacial score (nSPS) is 18.0. The Morgan fingerprint density at radius 2 is 1.40 bits per heavy atom. The minimum Gasteiger partial charge on any atom is -0.497 e. The van der Waals surface area contributed by atoms with Crippen LogP contribution in [0.4, 0.5) is 0 Å². The number of nitrogens with zero attached hydrogens (tertiary/aromatic N) is 1. The van der Waals surface area contributed by atoms with Gasteiger partial charge in [0.15, 0.2) is 0 Å². The molecule has 4 amide bonds. The number of rotatable bonds is 11. The van der Waals surface area contributed by atoms with Gasteiger partial charge in [0.05, 0.1) is 26.3 Å². The summed E-state index contributed by atoms with van der Waals surface area (Å²) in [5, 5.41) is 11.8. The Labute approximate surface area is 254 Å². The number of ether oxygens (including phenoxy) is 2. The third kappa shape index (κ3) is 8.47. The molecule has 1 fully saturated rings. The summed E-state index contributed by atoms with van der Waals surface area (Å²) in [6.07, 6.45) is 0.229. The van der Waals surface area contributed by atoms with Crippen molar-refractivity contribution >= 4 is 23.6 Å². The zero-order valence-corrected chi connectivity index (χ0v) is 26.3. The van der Waals surface area contributed by atoms with Crippen molar-refractivity contribution in [2.24, 2.45) is 5.41 Å². The van der Waals surface area contributed by atoms with Crippen molar-refractivity contribution in [1.82, 2.24) is 26.2 Å². The van der Waals surface area contributed by atoms with Crippen LogP contribution < -0.4 is 30.7 Å². The number of likely N-dealkylation sites (N-methyl/N-ethyl adjacent to an activating group) is 1. The number of carbonyl (C=O) groups is 4. The van der Waals surface area contributed by atoms with E-state index < -0.39 is 35.6 Å². The number of hydrogen-bond donors (Lipinski definition) is 4. The summed E-state index contributed by atoms with van der Waals surface area (Å²) in [5.74, 6) is 0.0158. The molecule has 43 heavy (non-hydrogen) atoms. The first-order valence-electron chi connectivity index (χ1n) is 14.4. The summed E-state index contributed by atoms with van der Waals surface area (Å²) in [5.41, 5.74) is 0.978. The topological polar surface area (TPSA) is 138 Å². The van der Waals surface area contributed by atoms with Crippen LogP contribution in [0.2, 0.25) is 0 Å². The van der Waals surface area contributed by atoms with E-state index >= 15 is 0 Å². The fourth-order valence-electron chi connectivity index (χ4n) is 5.12. The molecule has 4 atom stereocenters. The van der Waals surface area contributed by atoms with E-state index in [0.717, 1.165) is 11.1 Å². The molecule has 1 aliphatic heterocycles. The van der Waals surface area contributed by atoms with E-state index in [1.807, 2.05) is 69.3 Å². The van der Waals surface area contributed by atoms with E-state index in [1.165, 1.54) is 11.8 Å². The molecule has 3 rings (SSSR count). The monoisotopic (exact) mass is 595 g/mol. The lowest BCUT2D eigenvalue weighted by molar-refractivity contribution is -0.144. The van der Waals surface area contributed by atoms with Crippen LogP contribution in [0, 0.1) is 5.41 Å². The van der Waals surface area contributed by atoms with Gasteiger partial charge in [0.2, 0.25) is 23.6 Å². The van der Waals surface area contributed by atoms with Gasteiger partial charge in [0.1, 0.15) is 23.6 Å². The number of carbonyl (C=O) groups excluding carboxylic acids is 4. The predicted molar refractivity (Wildman–Crippen MR) is 164 cm³/mol. The van der Waals surface area contributed by atoms with Crippen molar-refractivity contribution in [3.63, 3.8) is 0 Å². The molecule has 0 unspecified atom stereocenters. The Bertz CT molecular complexity index is 1230. The molecule has 1 heterocycles. The van der Waals surface area contributed by atoms with Crippen LogP contribution in [-0.2, 0) is 19.2 Å². The fraction of sp³-hybridized carbons (Fsp3) is 0.500. The molecule has 0 aromatic heterocycles. The summed E-state index contributed by atoms with van der Waals surface area (Å²) in [7, 11) is 4.84. The lowest BCUT2D eigenvalue weighted by Gasteiger charge is -2.36. The second kappa shape index (κ2) is 14.4. The van der Waals surface area contributed by atoms with Crippen LogP contribution in [0.3, 0.4) is 0 Å². The number of hydrogen-bond acceptors (Lipinski definition) is 7. The van der Waals surface area contributed by atoms with Gasteiger partial charge in [0, 0.05) is 19.5 Å². The standard InChI is InChI=1S/C32H45N5O6/c1-19(33-6)29(39)36-28(32(3,4)5)31(41)37-18-23(34-20(2)38)17-26(37)30(40)35-27(21-9-13-24(42-7)14-10-21)22-11-15-25(43-8)16-12-22/h9-16,19,23,26-28,33H,17-18H2,1-8H3,(H,34,38)(H,35,40)(H,36,39)/t19-,23-,26-,28+/m0/s1. The average molecular weight is 596 g/mol. The van der Waals surface area contributed by atoms with E-state index in [9.17, 15) is 19.2 Å². The Balaban J connectivity index is 1.97. The molecule has 11 heteroatoms. The maximum Gasteiger partial charge on any atom is 0.246 e. The molecule has 2 aromatic carbocycles. The first-order valence-corrected chi connectivity index (χ1v) is 14.4. The summed E-state index contributed by atoms with van der Waals surface area (Å²) < 4.78 is 10.6. The van der Waals surface area contributed by atoms with E-state index in [1.54, 1.807) is 28.2 Å². The van der Waals surface area contributed by atoms with Crippen molar-refractivity contribution in [2.75, 3.05) is 27.8 Å². The molecule has 0 saturated carbocycles. The van der Waals surface area contributed by atoms with Crippen LogP contribution in [0.25, 0.3) is 0 Å². The van der Waals surface area contributed by atoms with Crippen molar-refractivity contribution in [3.05, 3.63) is 59.7 Å². The molecule has 1 saturated heterocycles. The molecular weight excluding hydrogens is 550 g/mol. The maximum atomic E-state index is 14.1. The van der Waals surface area contributed by atoms with Gasteiger partial charge in [-0.1, -0.05) is 45.0 Å². The molecule has 4 N–H and O–H groups in total. The molecular formula is C32H45N5O6. The largest absolute Gasteiger partial charge is 0.497 e. The predicted octanol–water partition coefficient (Wildman–Crippen LogP) is 2.15. The third-order valence-corrected chi connectivity index (χ3v) is 7.70. The van der Waals surface area contributed by atoms with Crippen LogP contribution in [0.1, 0.15) is 58.2 Å². The first-order chi connectivity index (χ1) is 20.3. The van der Waals surface area contributed by atoms with Gasteiger partial charge in [-0.05, 0) is 61.2 Å². The highest BCUT2D eigenvalue weighted by Gasteiger charge is 2.45. The Morgan fingerprint density at radius 3 is 1.81 bits per heavy atom. The summed E-state index contributed by atoms with van der Waals surface area (Å²) in [4.78, 5) is 54.5. The highest BCUT2D eigenvalue weighted by atomic mass is 16.5. The van der Waals surface area contributed by atoms with E-state index in [0.29, 0.717) is 11.5 Å². The molecule has 0 radical (unpaired) electrons. The lowest BCUT2D eigenvalue weighted by Crippen LogP contribution is -2.59. The Hall–Kier alpha value is -4.12. The average Bonchev–Trinajstić information content (AvgIpc) is 3.40. The van der Waals surface area contributed by atoms with Crippen molar-refractivity contribution in [1.29, 1.82) is 0 Å². The highest BCUT2D eigenvalue weighted by Crippen LogP contribution is 2.29. The second-order valence-electron chi connectivity index (χ2n) is 11.9. The minimum absolute atomic E-state index is 0.135. The zero-order chi connectivity index (χ0) is 31.9. The zero-order valence-electron chi connectivity index (χ0n) is 26.3. The molecule has 11 nitrogen and oxygen atoms in total. The van der Waals surface area contributed by atoms with Gasteiger partial charge in [-0.25, -0.2) is 0 Å². The van der Waals surface area contributed by atoms with Crippen molar-refractivity contribution < 1.29 is 28.7 Å². The number of methoxy groups -OCH3 is 2. The maximum absolute atomic E-state index is 14.1. The van der Waals surface area contributed by atoms with Crippen LogP contribution >= 0.6 is 0 Å². The van der Waals surface area contributed by atoms with Gasteiger partial charge in [-0.3, -0.25) is 19.2 Å². The van der Waals surface area contributed by atoms with E-state index in [2.05, 4.69) is 21.3 Å². The van der Waals surface area contributed by atoms with Gasteiger partial charge >= 0.3 is 0 Å². The summed E-state index contributed by atoms with van der Waals surface area (Å²) in [6, 6.07) is 11.5. The molecule has 2 aromatic rings. The molecule has 0 aliphatic carbocycles. The second-order valence-corrected chi connectivity index (χ2v) is 11.9. The fourth-order valence-corrected chi connectivity index (χ4v) is 5.12. The van der Waals surface area contributed by atoms with Gasteiger partial charge in [0.25, 0.3) is 0 Å². The SMILES string of the molecule is CN[C@@H](C)C(=O)N[C@H](C(=O)N1C[C@@H](NC(C)=O)C[C@H]1C(=O)NC(c1ccc(OC)cc1)c1ccc(OC)cc1)C(C)(C)C. The van der Waals surface area contributed by atoms with Crippen LogP contribution in [-0.4, -0.2) is 80.5 Å². The third-order valence-electron chi connectivity index (χ3n) is 7.70. The number of nitrogens with one attached hydrogen (secondary N) is 4. The van der Waals surface area contributed by atoms with Gasteiger partial charge in [-0.15, -0.1) is 0 Å². The molecule has 0 bridgehead atoms. The Morgan fingerprint density at radius 1 is 0.884 bits per heavy atom. The van der Waals surface area contributed by atoms with Crippen LogP contribution in [0.5, 0.6) is 11.5 Å². The molecule has 0 spiro atoms. The van der Waals surface area contributed by atoms with Gasteiger partial charge in [-0.2, -0.15) is 0 Å². The molecule has 1 aliphatic rings. The number of likely N-dealkylation sites (tertiary alicyclic amines) is 1. The number of amides is 4. The lowest BCUT2D eigenvalue weighted by atomic mass is 9.85. The summed E-state index contributed by atoms with van der Waals surface area (Å²) in [6.45, 7) is 8.83. The van der Waals surface area contributed by atoms with E-state index in [4.69, 9.17) is 9.47 Å². The first kappa shape index (κ1) is 33.4. The van der Waals surface area contributed by atoms with Crippen LogP contribution in [0.15, 0.2) is 48.5 Å². The minimum atomic E-state index is -0.902. The van der Waals surface area contributed by atoms with Crippen molar-refractivity contribution in [3.8, 4) is 11.5 Å². The Kier molecular flexibility index (Phi) is 11.2. The smallest absolute Gasteiger partial charge is 0.246 e. The number of benzene rings is 2. The van der Waals surface area contributed by atoms with Crippen molar-refractivity contribution in [2.45, 2.75) is 71.2 Å². The molecule has 234 valence electrons.